The van der Waals surface area contributed by atoms with E-state index in [2.05, 4.69) is 84.2 Å². The highest BCUT2D eigenvalue weighted by molar-refractivity contribution is 7.16. The van der Waals surface area contributed by atoms with E-state index in [4.69, 9.17) is 0 Å². The van der Waals surface area contributed by atoms with Crippen LogP contribution in [0.15, 0.2) is 71.9 Å². The Labute approximate surface area is 189 Å². The Morgan fingerprint density at radius 3 is 1.81 bits per heavy atom. The van der Waals surface area contributed by atoms with Gasteiger partial charge in [-0.1, -0.05) is 63.2 Å². The summed E-state index contributed by atoms with van der Waals surface area (Å²) >= 11 is 3.29. The quantitative estimate of drug-likeness (QED) is 0.260. The van der Waals surface area contributed by atoms with Gasteiger partial charge in [0.25, 0.3) is 0 Å². The van der Waals surface area contributed by atoms with Crippen molar-refractivity contribution in [1.29, 1.82) is 0 Å². The molecule has 0 amide bonds. The van der Waals surface area contributed by atoms with E-state index < -0.39 is 0 Å². The SMILES string of the molecule is CC(C)(C)c1ccc2ccc3c(N(c4cncs4)c4cncs4)ccc4ccc1c2c43. The summed E-state index contributed by atoms with van der Waals surface area (Å²) in [7, 11) is 0. The molecule has 6 aromatic rings. The molecule has 0 aliphatic carbocycles. The number of thiazole rings is 2. The molecule has 3 nitrogen and oxygen atoms in total. The van der Waals surface area contributed by atoms with Gasteiger partial charge in [-0.25, -0.2) is 0 Å². The van der Waals surface area contributed by atoms with E-state index >= 15 is 0 Å². The van der Waals surface area contributed by atoms with Crippen molar-refractivity contribution in [1.82, 2.24) is 9.97 Å². The van der Waals surface area contributed by atoms with Crippen molar-refractivity contribution >= 4 is 70.7 Å². The summed E-state index contributed by atoms with van der Waals surface area (Å²) in [5, 5.41) is 10.0. The monoisotopic (exact) mass is 439 g/mol. The molecule has 0 saturated heterocycles. The van der Waals surface area contributed by atoms with Crippen LogP contribution >= 0.6 is 22.7 Å². The summed E-state index contributed by atoms with van der Waals surface area (Å²) < 4.78 is 0. The summed E-state index contributed by atoms with van der Waals surface area (Å²) in [6, 6.07) is 18.1. The van der Waals surface area contributed by atoms with Crippen LogP contribution in [0.4, 0.5) is 15.7 Å². The molecule has 0 radical (unpaired) electrons. The summed E-state index contributed by atoms with van der Waals surface area (Å²) in [6.45, 7) is 6.87. The van der Waals surface area contributed by atoms with Gasteiger partial charge in [0.05, 0.1) is 29.1 Å². The summed E-state index contributed by atoms with van der Waals surface area (Å²) in [5.74, 6) is 0. The Balaban J connectivity index is 1.73. The zero-order valence-corrected chi connectivity index (χ0v) is 19.2. The van der Waals surface area contributed by atoms with Gasteiger partial charge in [-0.3, -0.25) is 14.9 Å². The molecular formula is C26H21N3S2. The Morgan fingerprint density at radius 1 is 0.677 bits per heavy atom. The standard InChI is InChI=1S/C26H21N3S2/c1-26(2,3)20-10-6-16-5-9-19-21(11-7-17-4-8-18(20)24(16)25(17)19)29(22-12-27-14-30-22)23-13-28-15-31-23/h4-15H,1-3H3. The van der Waals surface area contributed by atoms with Crippen molar-refractivity contribution in [3.63, 3.8) is 0 Å². The first-order chi connectivity index (χ1) is 15.0. The molecular weight excluding hydrogens is 418 g/mol. The fraction of sp³-hybridized carbons (Fsp3) is 0.154. The van der Waals surface area contributed by atoms with Crippen LogP contribution in [0.1, 0.15) is 26.3 Å². The largest absolute Gasteiger partial charge is 0.290 e. The molecule has 2 aromatic heterocycles. The second-order valence-electron chi connectivity index (χ2n) is 8.89. The molecule has 4 aromatic carbocycles. The van der Waals surface area contributed by atoms with Crippen molar-refractivity contribution in [3.05, 3.63) is 77.5 Å². The normalized spacial score (nSPS) is 12.4. The first-order valence-corrected chi connectivity index (χ1v) is 12.1. The van der Waals surface area contributed by atoms with Gasteiger partial charge in [-0.15, -0.1) is 22.7 Å². The van der Waals surface area contributed by atoms with Crippen molar-refractivity contribution in [2.45, 2.75) is 26.2 Å². The lowest BCUT2D eigenvalue weighted by molar-refractivity contribution is 0.596. The van der Waals surface area contributed by atoms with Crippen LogP contribution < -0.4 is 4.90 Å². The second kappa shape index (κ2) is 6.74. The van der Waals surface area contributed by atoms with Crippen LogP contribution in [-0.4, -0.2) is 9.97 Å². The minimum Gasteiger partial charge on any atom is -0.290 e. The second-order valence-corrected chi connectivity index (χ2v) is 10.6. The van der Waals surface area contributed by atoms with Crippen molar-refractivity contribution in [3.8, 4) is 0 Å². The summed E-state index contributed by atoms with van der Waals surface area (Å²) in [4.78, 5) is 11.0. The smallest absolute Gasteiger partial charge is 0.121 e. The predicted octanol–water partition coefficient (Wildman–Crippen LogP) is 8.26. The number of nitrogens with zero attached hydrogens (tertiary/aromatic N) is 3. The van der Waals surface area contributed by atoms with E-state index in [-0.39, 0.29) is 5.41 Å². The third-order valence-electron chi connectivity index (χ3n) is 5.97. The number of rotatable bonds is 3. The fourth-order valence-corrected chi connectivity index (χ4v) is 5.98. The molecule has 0 aliphatic rings. The van der Waals surface area contributed by atoms with Crippen LogP contribution in [0.5, 0.6) is 0 Å². The molecule has 0 N–H and O–H groups in total. The number of aromatic nitrogens is 2. The maximum atomic E-state index is 4.34. The maximum Gasteiger partial charge on any atom is 0.121 e. The highest BCUT2D eigenvalue weighted by Gasteiger charge is 2.22. The lowest BCUT2D eigenvalue weighted by Gasteiger charge is -2.26. The number of hydrogen-bond acceptors (Lipinski definition) is 5. The first kappa shape index (κ1) is 18.7. The van der Waals surface area contributed by atoms with Crippen LogP contribution in [0.3, 0.4) is 0 Å². The van der Waals surface area contributed by atoms with Crippen LogP contribution in [0.2, 0.25) is 0 Å². The molecule has 2 heterocycles. The van der Waals surface area contributed by atoms with Crippen molar-refractivity contribution in [2.24, 2.45) is 0 Å². The lowest BCUT2D eigenvalue weighted by atomic mass is 9.81. The molecule has 0 atom stereocenters. The van der Waals surface area contributed by atoms with E-state index in [1.807, 2.05) is 23.4 Å². The highest BCUT2D eigenvalue weighted by atomic mass is 32.1. The number of benzene rings is 4. The molecule has 152 valence electrons. The van der Waals surface area contributed by atoms with Gasteiger partial charge in [-0.05, 0) is 44.0 Å². The lowest BCUT2D eigenvalue weighted by Crippen LogP contribution is -2.12. The number of hydrogen-bond donors (Lipinski definition) is 0. The zero-order chi connectivity index (χ0) is 21.2. The number of anilines is 3. The van der Waals surface area contributed by atoms with E-state index in [0.717, 1.165) is 15.7 Å². The van der Waals surface area contributed by atoms with Crippen LogP contribution in [0.25, 0.3) is 32.3 Å². The molecule has 6 rings (SSSR count). The van der Waals surface area contributed by atoms with Gasteiger partial charge >= 0.3 is 0 Å². The van der Waals surface area contributed by atoms with Gasteiger partial charge in [0, 0.05) is 5.39 Å². The van der Waals surface area contributed by atoms with E-state index in [9.17, 15) is 0 Å². The summed E-state index contributed by atoms with van der Waals surface area (Å²) in [6.07, 6.45) is 3.86. The summed E-state index contributed by atoms with van der Waals surface area (Å²) in [5.41, 5.74) is 6.41. The van der Waals surface area contributed by atoms with Gasteiger partial charge in [0.1, 0.15) is 10.0 Å². The predicted molar refractivity (Wildman–Crippen MR) is 135 cm³/mol. The Bertz CT molecular complexity index is 1480. The molecule has 0 fully saturated rings. The van der Waals surface area contributed by atoms with Crippen LogP contribution in [-0.2, 0) is 5.41 Å². The highest BCUT2D eigenvalue weighted by Crippen LogP contribution is 2.46. The first-order valence-electron chi connectivity index (χ1n) is 10.3. The van der Waals surface area contributed by atoms with Crippen molar-refractivity contribution in [2.75, 3.05) is 4.90 Å². The minimum atomic E-state index is 0.0858. The molecule has 0 unspecified atom stereocenters. The molecule has 5 heteroatoms. The van der Waals surface area contributed by atoms with Gasteiger partial charge < -0.3 is 0 Å². The Kier molecular flexibility index (Phi) is 4.07. The van der Waals surface area contributed by atoms with Crippen molar-refractivity contribution < 1.29 is 0 Å². The molecule has 0 saturated carbocycles. The van der Waals surface area contributed by atoms with Crippen LogP contribution in [0, 0.1) is 0 Å². The average Bonchev–Trinajstić information content (AvgIpc) is 3.47. The molecule has 0 spiro atoms. The zero-order valence-electron chi connectivity index (χ0n) is 17.6. The molecule has 0 bridgehead atoms. The van der Waals surface area contributed by atoms with Gasteiger partial charge in [-0.2, -0.15) is 0 Å². The topological polar surface area (TPSA) is 29.0 Å². The average molecular weight is 440 g/mol. The molecule has 0 aliphatic heterocycles. The maximum absolute atomic E-state index is 4.34. The van der Waals surface area contributed by atoms with E-state index in [0.29, 0.717) is 0 Å². The van der Waals surface area contributed by atoms with Gasteiger partial charge in [0.15, 0.2) is 0 Å². The third kappa shape index (κ3) is 2.84. The van der Waals surface area contributed by atoms with E-state index in [1.54, 1.807) is 22.7 Å². The Hall–Kier alpha value is -3.02. The van der Waals surface area contributed by atoms with E-state index in [1.165, 1.54) is 37.9 Å². The fourth-order valence-electron chi connectivity index (χ4n) is 4.62. The minimum absolute atomic E-state index is 0.0858. The molecule has 31 heavy (non-hydrogen) atoms. The van der Waals surface area contributed by atoms with Gasteiger partial charge in [0.2, 0.25) is 0 Å². The third-order valence-corrected chi connectivity index (χ3v) is 7.48. The Morgan fingerprint density at radius 2 is 1.23 bits per heavy atom.